The van der Waals surface area contributed by atoms with E-state index in [4.69, 9.17) is 0 Å². The Morgan fingerprint density at radius 1 is 1.29 bits per heavy atom. The third-order valence-corrected chi connectivity index (χ3v) is 4.03. The zero-order valence-electron chi connectivity index (χ0n) is 12.2. The summed E-state index contributed by atoms with van der Waals surface area (Å²) >= 11 is 0. The van der Waals surface area contributed by atoms with E-state index in [1.54, 1.807) is 18.2 Å². The van der Waals surface area contributed by atoms with Crippen LogP contribution < -0.4 is 10.0 Å². The molecular formula is C15H20N2O3S. The summed E-state index contributed by atoms with van der Waals surface area (Å²) in [5, 5.41) is 2.86. The van der Waals surface area contributed by atoms with Gasteiger partial charge in [0.25, 0.3) is 0 Å². The van der Waals surface area contributed by atoms with Crippen LogP contribution in [0.3, 0.4) is 0 Å². The van der Waals surface area contributed by atoms with Crippen LogP contribution in [0.25, 0.3) is 0 Å². The summed E-state index contributed by atoms with van der Waals surface area (Å²) in [5.74, 6) is -0.0314. The number of sulfonamides is 1. The lowest BCUT2D eigenvalue weighted by Crippen LogP contribution is -2.23. The number of anilines is 2. The van der Waals surface area contributed by atoms with Gasteiger partial charge in [-0.3, -0.25) is 9.52 Å². The van der Waals surface area contributed by atoms with E-state index >= 15 is 0 Å². The summed E-state index contributed by atoms with van der Waals surface area (Å²) in [4.78, 5) is 12.2. The number of nitrogens with one attached hydrogen (secondary N) is 2. The Labute approximate surface area is 125 Å². The van der Waals surface area contributed by atoms with Crippen LogP contribution in [-0.2, 0) is 14.8 Å². The van der Waals surface area contributed by atoms with Gasteiger partial charge < -0.3 is 5.32 Å². The second-order valence-corrected chi connectivity index (χ2v) is 7.12. The van der Waals surface area contributed by atoms with Gasteiger partial charge in [0.05, 0.1) is 11.9 Å². The van der Waals surface area contributed by atoms with Crippen LogP contribution in [0.2, 0.25) is 0 Å². The van der Waals surface area contributed by atoms with E-state index in [0.29, 0.717) is 11.4 Å². The van der Waals surface area contributed by atoms with Crippen LogP contribution in [-0.4, -0.2) is 20.6 Å². The van der Waals surface area contributed by atoms with Gasteiger partial charge in [0, 0.05) is 11.6 Å². The summed E-state index contributed by atoms with van der Waals surface area (Å²) in [7, 11) is -3.34. The van der Waals surface area contributed by atoms with Gasteiger partial charge in [0.2, 0.25) is 15.9 Å². The fraction of sp³-hybridized carbons (Fsp3) is 0.400. The van der Waals surface area contributed by atoms with Crippen LogP contribution in [0, 0.1) is 12.8 Å². The molecule has 1 aromatic rings. The normalized spacial score (nSPS) is 18.3. The van der Waals surface area contributed by atoms with Gasteiger partial charge in [0.1, 0.15) is 0 Å². The highest BCUT2D eigenvalue weighted by atomic mass is 32.2. The van der Waals surface area contributed by atoms with Crippen molar-refractivity contribution in [3.05, 3.63) is 35.9 Å². The molecular weight excluding hydrogens is 288 g/mol. The minimum absolute atomic E-state index is 0.0115. The van der Waals surface area contributed by atoms with Crippen LogP contribution in [0.5, 0.6) is 0 Å². The van der Waals surface area contributed by atoms with Gasteiger partial charge in [0.15, 0.2) is 0 Å². The highest BCUT2D eigenvalue weighted by Gasteiger charge is 2.19. The Morgan fingerprint density at radius 2 is 2.05 bits per heavy atom. The molecule has 1 aliphatic rings. The molecule has 1 atom stereocenters. The fourth-order valence-electron chi connectivity index (χ4n) is 2.29. The van der Waals surface area contributed by atoms with Gasteiger partial charge >= 0.3 is 0 Å². The van der Waals surface area contributed by atoms with Crippen molar-refractivity contribution in [3.8, 4) is 0 Å². The zero-order valence-corrected chi connectivity index (χ0v) is 13.0. The largest absolute Gasteiger partial charge is 0.326 e. The Bertz CT molecular complexity index is 665. The Morgan fingerprint density at radius 3 is 2.67 bits per heavy atom. The van der Waals surface area contributed by atoms with Crippen molar-refractivity contribution in [2.45, 2.75) is 26.2 Å². The number of rotatable bonds is 4. The lowest BCUT2D eigenvalue weighted by molar-refractivity contribution is -0.120. The van der Waals surface area contributed by atoms with E-state index in [0.717, 1.165) is 31.1 Å². The van der Waals surface area contributed by atoms with Crippen LogP contribution in [0.4, 0.5) is 11.4 Å². The van der Waals surface area contributed by atoms with Crippen molar-refractivity contribution in [3.63, 3.8) is 0 Å². The monoisotopic (exact) mass is 308 g/mol. The van der Waals surface area contributed by atoms with E-state index < -0.39 is 10.0 Å². The topological polar surface area (TPSA) is 75.3 Å². The Balaban J connectivity index is 2.11. The molecule has 5 nitrogen and oxygen atoms in total. The first-order chi connectivity index (χ1) is 9.85. The number of hydrogen-bond donors (Lipinski definition) is 2. The maximum atomic E-state index is 12.2. The summed E-state index contributed by atoms with van der Waals surface area (Å²) < 4.78 is 25.1. The molecule has 1 amide bonds. The lowest BCUT2D eigenvalue weighted by Gasteiger charge is -2.18. The Kier molecular flexibility index (Phi) is 4.67. The van der Waals surface area contributed by atoms with Gasteiger partial charge in [-0.2, -0.15) is 0 Å². The van der Waals surface area contributed by atoms with Gasteiger partial charge in [-0.25, -0.2) is 8.42 Å². The number of amides is 1. The highest BCUT2D eigenvalue weighted by molar-refractivity contribution is 7.92. The first-order valence-electron chi connectivity index (χ1n) is 6.89. The van der Waals surface area contributed by atoms with Crippen LogP contribution >= 0.6 is 0 Å². The van der Waals surface area contributed by atoms with E-state index in [-0.39, 0.29) is 11.8 Å². The van der Waals surface area contributed by atoms with Crippen molar-refractivity contribution >= 4 is 27.3 Å². The Hall–Kier alpha value is -1.82. The second-order valence-electron chi connectivity index (χ2n) is 5.37. The molecule has 0 saturated carbocycles. The van der Waals surface area contributed by atoms with Crippen molar-refractivity contribution in [1.82, 2.24) is 0 Å². The standard InChI is InChI=1S/C15H20N2O3S/c1-11-8-9-13(10-14(11)17-21(2,19)20)16-15(18)12-6-4-3-5-7-12/h3-4,8-10,12,17H,5-7H2,1-2H3,(H,16,18)/t12-/m0/s1. The molecule has 114 valence electrons. The van der Waals surface area contributed by atoms with Crippen molar-refractivity contribution in [2.75, 3.05) is 16.3 Å². The lowest BCUT2D eigenvalue weighted by atomic mass is 9.93. The molecule has 0 aromatic heterocycles. The quantitative estimate of drug-likeness (QED) is 0.840. The smallest absolute Gasteiger partial charge is 0.229 e. The summed E-state index contributed by atoms with van der Waals surface area (Å²) in [5.41, 5.74) is 1.89. The third-order valence-electron chi connectivity index (χ3n) is 3.44. The average Bonchev–Trinajstić information content (AvgIpc) is 2.42. The zero-order chi connectivity index (χ0) is 15.5. The molecule has 0 bridgehead atoms. The van der Waals surface area contributed by atoms with E-state index in [1.807, 2.05) is 13.0 Å². The molecule has 0 aliphatic heterocycles. The minimum Gasteiger partial charge on any atom is -0.326 e. The van der Waals surface area contributed by atoms with E-state index in [1.165, 1.54) is 0 Å². The first kappa shape index (κ1) is 15.6. The summed E-state index contributed by atoms with van der Waals surface area (Å²) in [6.07, 6.45) is 7.75. The van der Waals surface area contributed by atoms with Crippen molar-refractivity contribution in [1.29, 1.82) is 0 Å². The molecule has 2 rings (SSSR count). The molecule has 21 heavy (non-hydrogen) atoms. The molecule has 0 heterocycles. The number of benzene rings is 1. The number of carbonyl (C=O) groups is 1. The molecule has 1 aliphatic carbocycles. The molecule has 0 saturated heterocycles. The highest BCUT2D eigenvalue weighted by Crippen LogP contribution is 2.24. The van der Waals surface area contributed by atoms with Gasteiger partial charge in [-0.15, -0.1) is 0 Å². The minimum atomic E-state index is -3.34. The fourth-order valence-corrected chi connectivity index (χ4v) is 2.90. The summed E-state index contributed by atoms with van der Waals surface area (Å²) in [6, 6.07) is 5.20. The number of aryl methyl sites for hydroxylation is 1. The summed E-state index contributed by atoms with van der Waals surface area (Å²) in [6.45, 7) is 1.81. The van der Waals surface area contributed by atoms with Crippen molar-refractivity contribution < 1.29 is 13.2 Å². The van der Waals surface area contributed by atoms with Gasteiger partial charge in [-0.1, -0.05) is 18.2 Å². The number of allylic oxidation sites excluding steroid dienone is 2. The maximum Gasteiger partial charge on any atom is 0.229 e. The first-order valence-corrected chi connectivity index (χ1v) is 8.78. The molecule has 6 heteroatoms. The third kappa shape index (κ3) is 4.60. The van der Waals surface area contributed by atoms with Gasteiger partial charge in [-0.05, 0) is 43.9 Å². The maximum absolute atomic E-state index is 12.2. The SMILES string of the molecule is Cc1ccc(NC(=O)[C@H]2CC=CCC2)cc1NS(C)(=O)=O. The molecule has 0 radical (unpaired) electrons. The average molecular weight is 308 g/mol. The van der Waals surface area contributed by atoms with Crippen LogP contribution in [0.1, 0.15) is 24.8 Å². The number of carbonyl (C=O) groups excluding carboxylic acids is 1. The molecule has 0 unspecified atom stereocenters. The molecule has 1 aromatic carbocycles. The predicted molar refractivity (Wildman–Crippen MR) is 84.8 cm³/mol. The second kappa shape index (κ2) is 6.30. The molecule has 2 N–H and O–H groups in total. The van der Waals surface area contributed by atoms with E-state index in [2.05, 4.69) is 16.1 Å². The van der Waals surface area contributed by atoms with E-state index in [9.17, 15) is 13.2 Å². The predicted octanol–water partition coefficient (Wildman–Crippen LogP) is 2.66. The van der Waals surface area contributed by atoms with Crippen molar-refractivity contribution in [2.24, 2.45) is 5.92 Å². The number of hydrogen-bond acceptors (Lipinski definition) is 3. The molecule has 0 fully saturated rings. The molecule has 0 spiro atoms. The van der Waals surface area contributed by atoms with Crippen LogP contribution in [0.15, 0.2) is 30.4 Å².